The minimum absolute atomic E-state index is 0.112. The van der Waals surface area contributed by atoms with Gasteiger partial charge in [0, 0.05) is 31.3 Å². The number of hydrogen-bond donors (Lipinski definition) is 4. The van der Waals surface area contributed by atoms with Crippen molar-refractivity contribution in [1.29, 1.82) is 0 Å². The van der Waals surface area contributed by atoms with E-state index in [0.29, 0.717) is 41.0 Å². The Morgan fingerprint density at radius 1 is 1.14 bits per heavy atom. The third-order valence-corrected chi connectivity index (χ3v) is 8.05. The standard InChI is InChI=1S/C26H33N7O3/c1-27-23-14-22(32-24-17(15-28-33(23)24)25(35)30-19-6-7-20(19)34)31-21-5-2-4-18(29-21)16-8-11-26(12-9-16)10-3-13-36-26/h2,4-5,14-16,19-20,27,34H,3,6-13H2,1H3,(H,30,35)(H,29,31,32)/t16?,19-,20+,26?/m1/s1. The summed E-state index contributed by atoms with van der Waals surface area (Å²) in [4.78, 5) is 22.5. The monoisotopic (exact) mass is 491 g/mol. The SMILES string of the molecule is CNc1cc(Nc2cccc(C3CCC4(CCCO4)CC3)n2)nc2c(C(=O)N[C@@H]3CC[C@@H]3O)cnn12. The number of pyridine rings is 1. The van der Waals surface area contributed by atoms with Gasteiger partial charge in [0.05, 0.1) is 23.9 Å². The summed E-state index contributed by atoms with van der Waals surface area (Å²) in [6.07, 6.45) is 9.24. The molecule has 0 bridgehead atoms. The number of rotatable bonds is 6. The minimum atomic E-state index is -0.493. The topological polar surface area (TPSA) is 126 Å². The van der Waals surface area contributed by atoms with Crippen LogP contribution in [0.5, 0.6) is 0 Å². The molecule has 0 unspecified atom stereocenters. The number of amides is 1. The Bertz CT molecular complexity index is 1260. The number of hydrogen-bond acceptors (Lipinski definition) is 8. The molecule has 36 heavy (non-hydrogen) atoms. The van der Waals surface area contributed by atoms with Crippen LogP contribution in [0.1, 0.15) is 73.3 Å². The molecule has 2 saturated carbocycles. The van der Waals surface area contributed by atoms with E-state index in [9.17, 15) is 9.90 Å². The Morgan fingerprint density at radius 3 is 2.69 bits per heavy atom. The van der Waals surface area contributed by atoms with Crippen molar-refractivity contribution in [2.45, 2.75) is 75.0 Å². The first-order chi connectivity index (χ1) is 17.5. The largest absolute Gasteiger partial charge is 0.391 e. The summed E-state index contributed by atoms with van der Waals surface area (Å²) >= 11 is 0. The van der Waals surface area contributed by atoms with Gasteiger partial charge in [-0.25, -0.2) is 9.97 Å². The molecule has 1 saturated heterocycles. The lowest BCUT2D eigenvalue weighted by Gasteiger charge is -2.36. The van der Waals surface area contributed by atoms with Crippen LogP contribution in [-0.2, 0) is 4.74 Å². The normalized spacial score (nSPS) is 27.7. The van der Waals surface area contributed by atoms with Crippen LogP contribution in [0.4, 0.5) is 17.5 Å². The van der Waals surface area contributed by atoms with Crippen molar-refractivity contribution < 1.29 is 14.6 Å². The Kier molecular flexibility index (Phi) is 6.00. The first-order valence-electron chi connectivity index (χ1n) is 13.0. The zero-order valence-electron chi connectivity index (χ0n) is 20.5. The third kappa shape index (κ3) is 4.28. The van der Waals surface area contributed by atoms with Crippen LogP contribution in [-0.4, -0.2) is 62.0 Å². The summed E-state index contributed by atoms with van der Waals surface area (Å²) in [7, 11) is 1.80. The van der Waals surface area contributed by atoms with Crippen molar-refractivity contribution in [2.75, 3.05) is 24.3 Å². The minimum Gasteiger partial charge on any atom is -0.391 e. The van der Waals surface area contributed by atoms with E-state index < -0.39 is 6.10 Å². The van der Waals surface area contributed by atoms with Gasteiger partial charge in [-0.2, -0.15) is 9.61 Å². The van der Waals surface area contributed by atoms with E-state index in [-0.39, 0.29) is 17.6 Å². The second kappa shape index (κ2) is 9.33. The highest BCUT2D eigenvalue weighted by molar-refractivity contribution is 6.00. The molecule has 1 aliphatic heterocycles. The highest BCUT2D eigenvalue weighted by Gasteiger charge is 2.39. The van der Waals surface area contributed by atoms with Gasteiger partial charge in [0.2, 0.25) is 0 Å². The molecule has 1 amide bonds. The lowest BCUT2D eigenvalue weighted by atomic mass is 9.76. The molecule has 2 atom stereocenters. The summed E-state index contributed by atoms with van der Waals surface area (Å²) in [6.45, 7) is 0.900. The molecule has 10 nitrogen and oxygen atoms in total. The maximum absolute atomic E-state index is 12.9. The summed E-state index contributed by atoms with van der Waals surface area (Å²) in [6, 6.07) is 7.68. The van der Waals surface area contributed by atoms with Gasteiger partial charge in [-0.15, -0.1) is 0 Å². The van der Waals surface area contributed by atoms with Gasteiger partial charge in [0.25, 0.3) is 5.91 Å². The molecule has 6 rings (SSSR count). The van der Waals surface area contributed by atoms with Crippen LogP contribution in [0.15, 0.2) is 30.5 Å². The average molecular weight is 492 g/mol. The Balaban J connectivity index is 1.22. The lowest BCUT2D eigenvalue weighted by molar-refractivity contribution is -0.0283. The summed E-state index contributed by atoms with van der Waals surface area (Å²) < 4.78 is 7.69. The van der Waals surface area contributed by atoms with Gasteiger partial charge in [0.15, 0.2) is 5.65 Å². The summed E-state index contributed by atoms with van der Waals surface area (Å²) in [5, 5.41) is 23.5. The van der Waals surface area contributed by atoms with Gasteiger partial charge in [-0.1, -0.05) is 6.07 Å². The summed E-state index contributed by atoms with van der Waals surface area (Å²) in [5.74, 6) is 2.11. The van der Waals surface area contributed by atoms with Crippen LogP contribution in [0, 0.1) is 0 Å². The number of aliphatic hydroxyl groups is 1. The van der Waals surface area contributed by atoms with Crippen molar-refractivity contribution in [3.63, 3.8) is 0 Å². The molecule has 4 N–H and O–H groups in total. The molecular formula is C26H33N7O3. The lowest BCUT2D eigenvalue weighted by Crippen LogP contribution is -2.50. The fraction of sp³-hybridized carbons (Fsp3) is 0.538. The molecule has 10 heteroatoms. The van der Waals surface area contributed by atoms with Gasteiger partial charge in [0.1, 0.15) is 23.0 Å². The smallest absolute Gasteiger partial charge is 0.257 e. The van der Waals surface area contributed by atoms with E-state index in [2.05, 4.69) is 27.1 Å². The molecule has 4 heterocycles. The number of nitrogens with one attached hydrogen (secondary N) is 3. The van der Waals surface area contributed by atoms with Gasteiger partial charge in [-0.3, -0.25) is 4.79 Å². The van der Waals surface area contributed by atoms with Gasteiger partial charge >= 0.3 is 0 Å². The fourth-order valence-electron chi connectivity index (χ4n) is 5.73. The molecule has 2 aliphatic carbocycles. The van der Waals surface area contributed by atoms with Crippen molar-refractivity contribution in [1.82, 2.24) is 24.9 Å². The zero-order chi connectivity index (χ0) is 24.7. The number of nitrogens with zero attached hydrogens (tertiary/aromatic N) is 4. The number of carbonyl (C=O) groups excluding carboxylic acids is 1. The Labute approximate surface area is 209 Å². The Morgan fingerprint density at radius 2 is 2.00 bits per heavy atom. The number of aromatic nitrogens is 4. The van der Waals surface area contributed by atoms with E-state index in [1.165, 1.54) is 19.0 Å². The highest BCUT2D eigenvalue weighted by atomic mass is 16.5. The molecule has 3 aromatic rings. The Hall–Kier alpha value is -3.24. The van der Waals surface area contributed by atoms with Gasteiger partial charge < -0.3 is 25.8 Å². The zero-order valence-corrected chi connectivity index (χ0v) is 20.5. The van der Waals surface area contributed by atoms with E-state index in [1.54, 1.807) is 11.6 Å². The number of fused-ring (bicyclic) bond motifs is 1. The average Bonchev–Trinajstić information content (AvgIpc) is 3.54. The van der Waals surface area contributed by atoms with Crippen LogP contribution in [0.3, 0.4) is 0 Å². The van der Waals surface area contributed by atoms with Crippen molar-refractivity contribution in [3.8, 4) is 0 Å². The second-order valence-corrected chi connectivity index (χ2v) is 10.3. The molecule has 0 radical (unpaired) electrons. The molecule has 3 aliphatic rings. The number of carbonyl (C=O) groups is 1. The predicted octanol–water partition coefficient (Wildman–Crippen LogP) is 3.37. The second-order valence-electron chi connectivity index (χ2n) is 10.3. The number of ether oxygens (including phenoxy) is 1. The van der Waals surface area contributed by atoms with E-state index >= 15 is 0 Å². The van der Waals surface area contributed by atoms with Crippen molar-refractivity contribution in [2.24, 2.45) is 0 Å². The maximum Gasteiger partial charge on any atom is 0.257 e. The first kappa shape index (κ1) is 23.2. The third-order valence-electron chi connectivity index (χ3n) is 8.05. The van der Waals surface area contributed by atoms with Gasteiger partial charge in [-0.05, 0) is 63.5 Å². The molecule has 3 fully saturated rings. The van der Waals surface area contributed by atoms with E-state index in [1.807, 2.05) is 18.2 Å². The van der Waals surface area contributed by atoms with Crippen LogP contribution < -0.4 is 16.0 Å². The van der Waals surface area contributed by atoms with Crippen LogP contribution >= 0.6 is 0 Å². The quantitative estimate of drug-likeness (QED) is 0.414. The molecule has 0 aromatic carbocycles. The highest BCUT2D eigenvalue weighted by Crippen LogP contribution is 2.44. The molecular weight excluding hydrogens is 458 g/mol. The maximum atomic E-state index is 12.9. The fourth-order valence-corrected chi connectivity index (χ4v) is 5.73. The van der Waals surface area contributed by atoms with Crippen molar-refractivity contribution in [3.05, 3.63) is 41.7 Å². The molecule has 190 valence electrons. The number of anilines is 3. The summed E-state index contributed by atoms with van der Waals surface area (Å²) in [5.41, 5.74) is 2.00. The van der Waals surface area contributed by atoms with E-state index in [4.69, 9.17) is 14.7 Å². The molecule has 3 aromatic heterocycles. The predicted molar refractivity (Wildman–Crippen MR) is 136 cm³/mol. The number of aliphatic hydroxyl groups excluding tert-OH is 1. The molecule has 1 spiro atoms. The van der Waals surface area contributed by atoms with Crippen molar-refractivity contribution >= 4 is 29.0 Å². The van der Waals surface area contributed by atoms with Crippen LogP contribution in [0.2, 0.25) is 0 Å². The van der Waals surface area contributed by atoms with Crippen LogP contribution in [0.25, 0.3) is 5.65 Å². The first-order valence-corrected chi connectivity index (χ1v) is 13.0. The van der Waals surface area contributed by atoms with E-state index in [0.717, 1.165) is 44.4 Å².